The standard InChI is InChI=1S/C30H34FN3O3/c1-3-4-5-8-23-10-14-25(15-11-23)30(37)34(20-24-12-16-26(31)17-13-24)21-29(36)32-19-28(35)33-27-9-6-7-22(2)18-27/h6-7,9-18H,3-5,8,19-21H2,1-2H3,(H,32,36)(H,33,35). The van der Waals surface area contributed by atoms with E-state index < -0.39 is 5.91 Å². The molecule has 3 aromatic rings. The molecule has 0 radical (unpaired) electrons. The van der Waals surface area contributed by atoms with Gasteiger partial charge in [0.25, 0.3) is 5.91 Å². The highest BCUT2D eigenvalue weighted by atomic mass is 19.1. The summed E-state index contributed by atoms with van der Waals surface area (Å²) in [4.78, 5) is 39.7. The molecule has 0 aliphatic rings. The maximum atomic E-state index is 13.4. The lowest BCUT2D eigenvalue weighted by molar-refractivity contribution is -0.124. The Labute approximate surface area is 217 Å². The number of benzene rings is 3. The molecule has 6 nitrogen and oxygen atoms in total. The van der Waals surface area contributed by atoms with Gasteiger partial charge in [0.15, 0.2) is 0 Å². The van der Waals surface area contributed by atoms with E-state index in [4.69, 9.17) is 0 Å². The summed E-state index contributed by atoms with van der Waals surface area (Å²) in [6.45, 7) is 3.73. The summed E-state index contributed by atoms with van der Waals surface area (Å²) >= 11 is 0. The molecule has 194 valence electrons. The van der Waals surface area contributed by atoms with Gasteiger partial charge < -0.3 is 15.5 Å². The number of halogens is 1. The number of hydrogen-bond donors (Lipinski definition) is 2. The van der Waals surface area contributed by atoms with Crippen molar-refractivity contribution in [3.8, 4) is 0 Å². The summed E-state index contributed by atoms with van der Waals surface area (Å²) in [6.07, 6.45) is 4.35. The predicted molar refractivity (Wildman–Crippen MR) is 144 cm³/mol. The number of carbonyl (C=O) groups excluding carboxylic acids is 3. The van der Waals surface area contributed by atoms with E-state index in [0.29, 0.717) is 16.8 Å². The van der Waals surface area contributed by atoms with Crippen molar-refractivity contribution in [2.24, 2.45) is 0 Å². The topological polar surface area (TPSA) is 78.5 Å². The number of nitrogens with one attached hydrogen (secondary N) is 2. The van der Waals surface area contributed by atoms with Crippen molar-refractivity contribution in [3.05, 3.63) is 101 Å². The minimum absolute atomic E-state index is 0.125. The van der Waals surface area contributed by atoms with Crippen LogP contribution in [-0.4, -0.2) is 35.7 Å². The molecule has 3 aromatic carbocycles. The molecule has 0 heterocycles. The van der Waals surface area contributed by atoms with Gasteiger partial charge in [0.2, 0.25) is 11.8 Å². The second-order valence-electron chi connectivity index (χ2n) is 9.14. The fraction of sp³-hybridized carbons (Fsp3) is 0.300. The van der Waals surface area contributed by atoms with Crippen LogP contribution in [0.4, 0.5) is 10.1 Å². The Morgan fingerprint density at radius 1 is 0.865 bits per heavy atom. The monoisotopic (exact) mass is 503 g/mol. The predicted octanol–water partition coefficient (Wildman–Crippen LogP) is 5.26. The Kier molecular flexibility index (Phi) is 10.4. The molecule has 3 amide bonds. The van der Waals surface area contributed by atoms with E-state index in [1.165, 1.54) is 17.0 Å². The van der Waals surface area contributed by atoms with Gasteiger partial charge in [-0.05, 0) is 72.9 Å². The lowest BCUT2D eigenvalue weighted by Gasteiger charge is -2.23. The lowest BCUT2D eigenvalue weighted by atomic mass is 10.0. The van der Waals surface area contributed by atoms with Gasteiger partial charge in [-0.25, -0.2) is 4.39 Å². The van der Waals surface area contributed by atoms with Crippen LogP contribution in [0.1, 0.15) is 53.2 Å². The average Bonchev–Trinajstić information content (AvgIpc) is 2.88. The molecule has 0 aromatic heterocycles. The molecule has 0 saturated carbocycles. The van der Waals surface area contributed by atoms with Crippen LogP contribution in [0.15, 0.2) is 72.8 Å². The molecule has 0 atom stereocenters. The minimum atomic E-state index is -0.467. The molecule has 0 aliphatic heterocycles. The third-order valence-corrected chi connectivity index (χ3v) is 5.93. The minimum Gasteiger partial charge on any atom is -0.345 e. The quantitative estimate of drug-likeness (QED) is 0.331. The van der Waals surface area contributed by atoms with Gasteiger partial charge in [-0.1, -0.05) is 56.2 Å². The molecule has 0 spiro atoms. The van der Waals surface area contributed by atoms with Crippen LogP contribution in [0.25, 0.3) is 0 Å². The van der Waals surface area contributed by atoms with Crippen molar-refractivity contribution >= 4 is 23.4 Å². The molecule has 3 rings (SSSR count). The second kappa shape index (κ2) is 13.9. The van der Waals surface area contributed by atoms with E-state index in [9.17, 15) is 18.8 Å². The maximum absolute atomic E-state index is 13.4. The fourth-order valence-electron chi connectivity index (χ4n) is 3.92. The Bertz CT molecular complexity index is 1190. The van der Waals surface area contributed by atoms with Crippen molar-refractivity contribution in [2.75, 3.05) is 18.4 Å². The van der Waals surface area contributed by atoms with Crippen LogP contribution in [0.5, 0.6) is 0 Å². The molecule has 0 saturated heterocycles. The van der Waals surface area contributed by atoms with Gasteiger partial charge in [0.1, 0.15) is 12.4 Å². The van der Waals surface area contributed by atoms with Crippen molar-refractivity contribution in [2.45, 2.75) is 46.1 Å². The molecule has 7 heteroatoms. The van der Waals surface area contributed by atoms with E-state index in [0.717, 1.165) is 36.8 Å². The number of rotatable bonds is 12. The summed E-state index contributed by atoms with van der Waals surface area (Å²) < 4.78 is 13.4. The van der Waals surface area contributed by atoms with Gasteiger partial charge >= 0.3 is 0 Å². The van der Waals surface area contributed by atoms with Crippen molar-refractivity contribution < 1.29 is 18.8 Å². The molecule has 0 unspecified atom stereocenters. The SMILES string of the molecule is CCCCCc1ccc(C(=O)N(CC(=O)NCC(=O)Nc2cccc(C)c2)Cc2ccc(F)cc2)cc1. The lowest BCUT2D eigenvalue weighted by Crippen LogP contribution is -2.42. The van der Waals surface area contributed by atoms with E-state index >= 15 is 0 Å². The Hall–Kier alpha value is -4.00. The third kappa shape index (κ3) is 9.18. The summed E-state index contributed by atoms with van der Waals surface area (Å²) in [6, 6.07) is 20.6. The van der Waals surface area contributed by atoms with Gasteiger partial charge in [-0.15, -0.1) is 0 Å². The van der Waals surface area contributed by atoms with Crippen molar-refractivity contribution in [1.82, 2.24) is 10.2 Å². The van der Waals surface area contributed by atoms with Crippen LogP contribution < -0.4 is 10.6 Å². The maximum Gasteiger partial charge on any atom is 0.254 e. The molecule has 2 N–H and O–H groups in total. The third-order valence-electron chi connectivity index (χ3n) is 5.93. The van der Waals surface area contributed by atoms with Gasteiger partial charge in [-0.3, -0.25) is 14.4 Å². The van der Waals surface area contributed by atoms with E-state index in [2.05, 4.69) is 17.6 Å². The highest BCUT2D eigenvalue weighted by Crippen LogP contribution is 2.14. The Morgan fingerprint density at radius 3 is 2.24 bits per heavy atom. The molecule has 0 bridgehead atoms. The number of carbonyl (C=O) groups is 3. The summed E-state index contributed by atoms with van der Waals surface area (Å²) in [5.41, 5.74) is 3.96. The summed E-state index contributed by atoms with van der Waals surface area (Å²) in [5, 5.41) is 5.32. The van der Waals surface area contributed by atoms with Crippen molar-refractivity contribution in [1.29, 1.82) is 0 Å². The first-order valence-electron chi connectivity index (χ1n) is 12.6. The number of anilines is 1. The van der Waals surface area contributed by atoms with Crippen LogP contribution in [-0.2, 0) is 22.6 Å². The van der Waals surface area contributed by atoms with E-state index in [-0.39, 0.29) is 37.3 Å². The largest absolute Gasteiger partial charge is 0.345 e. The summed E-state index contributed by atoms with van der Waals surface area (Å²) in [5.74, 6) is -1.53. The van der Waals surface area contributed by atoms with Crippen LogP contribution in [0, 0.1) is 12.7 Å². The van der Waals surface area contributed by atoms with Crippen LogP contribution in [0.2, 0.25) is 0 Å². The number of unbranched alkanes of at least 4 members (excludes halogenated alkanes) is 2. The molecular weight excluding hydrogens is 469 g/mol. The summed E-state index contributed by atoms with van der Waals surface area (Å²) in [7, 11) is 0. The number of hydrogen-bond acceptors (Lipinski definition) is 3. The van der Waals surface area contributed by atoms with E-state index in [1.807, 2.05) is 37.3 Å². The molecule has 0 fully saturated rings. The van der Waals surface area contributed by atoms with Crippen molar-refractivity contribution in [3.63, 3.8) is 0 Å². The normalized spacial score (nSPS) is 10.6. The van der Waals surface area contributed by atoms with Crippen LogP contribution in [0.3, 0.4) is 0 Å². The van der Waals surface area contributed by atoms with Gasteiger partial charge in [0, 0.05) is 17.8 Å². The second-order valence-corrected chi connectivity index (χ2v) is 9.14. The fourth-order valence-corrected chi connectivity index (χ4v) is 3.92. The smallest absolute Gasteiger partial charge is 0.254 e. The van der Waals surface area contributed by atoms with Gasteiger partial charge in [0.05, 0.1) is 6.54 Å². The van der Waals surface area contributed by atoms with Gasteiger partial charge in [-0.2, -0.15) is 0 Å². The zero-order valence-corrected chi connectivity index (χ0v) is 21.4. The number of amides is 3. The average molecular weight is 504 g/mol. The highest BCUT2D eigenvalue weighted by molar-refractivity contribution is 5.98. The Morgan fingerprint density at radius 2 is 1.57 bits per heavy atom. The Balaban J connectivity index is 1.64. The first-order chi connectivity index (χ1) is 17.8. The zero-order chi connectivity index (χ0) is 26.6. The number of aryl methyl sites for hydroxylation is 2. The molecule has 37 heavy (non-hydrogen) atoms. The molecule has 0 aliphatic carbocycles. The van der Waals surface area contributed by atoms with E-state index in [1.54, 1.807) is 30.3 Å². The molecular formula is C30H34FN3O3. The highest BCUT2D eigenvalue weighted by Gasteiger charge is 2.20. The first kappa shape index (κ1) is 27.6. The van der Waals surface area contributed by atoms with Crippen LogP contribution >= 0.6 is 0 Å². The number of nitrogens with zero attached hydrogens (tertiary/aromatic N) is 1. The zero-order valence-electron chi connectivity index (χ0n) is 21.4. The first-order valence-corrected chi connectivity index (χ1v) is 12.6.